The molecule has 0 aromatic heterocycles. The van der Waals surface area contributed by atoms with Crippen molar-refractivity contribution in [2.24, 2.45) is 0 Å². The predicted octanol–water partition coefficient (Wildman–Crippen LogP) is 5.53. The normalized spacial score (nSPS) is 13.6. The van der Waals surface area contributed by atoms with E-state index in [1.165, 1.54) is 5.56 Å². The molecular formula is C21H27NO. The first-order valence-corrected chi connectivity index (χ1v) is 8.53. The molecule has 0 aliphatic carbocycles. The minimum Gasteiger partial charge on any atom is -0.398 e. The molecule has 2 atom stereocenters. The summed E-state index contributed by atoms with van der Waals surface area (Å²) in [5, 5.41) is 0. The van der Waals surface area contributed by atoms with Gasteiger partial charge in [0.15, 0.2) is 5.78 Å². The molecule has 0 amide bonds. The van der Waals surface area contributed by atoms with Crippen LogP contribution in [0, 0.1) is 0 Å². The van der Waals surface area contributed by atoms with Crippen molar-refractivity contribution >= 4 is 11.5 Å². The van der Waals surface area contributed by atoms with Crippen LogP contribution in [0.25, 0.3) is 0 Å². The van der Waals surface area contributed by atoms with Crippen molar-refractivity contribution in [3.8, 4) is 0 Å². The van der Waals surface area contributed by atoms with Gasteiger partial charge in [-0.05, 0) is 41.9 Å². The molecule has 2 unspecified atom stereocenters. The van der Waals surface area contributed by atoms with E-state index in [4.69, 9.17) is 5.73 Å². The highest BCUT2D eigenvalue weighted by atomic mass is 16.1. The van der Waals surface area contributed by atoms with Crippen LogP contribution in [-0.2, 0) is 0 Å². The van der Waals surface area contributed by atoms with Crippen LogP contribution < -0.4 is 5.73 Å². The van der Waals surface area contributed by atoms with E-state index in [0.717, 1.165) is 18.4 Å². The summed E-state index contributed by atoms with van der Waals surface area (Å²) < 4.78 is 0. The van der Waals surface area contributed by atoms with Crippen LogP contribution in [0.1, 0.15) is 79.4 Å². The van der Waals surface area contributed by atoms with Crippen molar-refractivity contribution in [1.29, 1.82) is 0 Å². The number of ketones is 1. The molecule has 2 nitrogen and oxygen atoms in total. The van der Waals surface area contributed by atoms with Crippen molar-refractivity contribution < 1.29 is 4.79 Å². The first-order chi connectivity index (χ1) is 11.0. The number of carbonyl (C=O) groups is 1. The van der Waals surface area contributed by atoms with E-state index >= 15 is 0 Å². The highest BCUT2D eigenvalue weighted by Crippen LogP contribution is 2.36. The number of anilines is 1. The Morgan fingerprint density at radius 3 is 2.13 bits per heavy atom. The lowest BCUT2D eigenvalue weighted by atomic mass is 9.83. The fourth-order valence-electron chi connectivity index (χ4n) is 3.00. The first-order valence-electron chi connectivity index (χ1n) is 8.53. The second-order valence-electron chi connectivity index (χ2n) is 6.34. The van der Waals surface area contributed by atoms with E-state index in [-0.39, 0.29) is 5.78 Å². The Morgan fingerprint density at radius 2 is 1.57 bits per heavy atom. The molecular weight excluding hydrogens is 282 g/mol. The maximum absolute atomic E-state index is 12.8. The van der Waals surface area contributed by atoms with Gasteiger partial charge in [0.1, 0.15) is 0 Å². The third kappa shape index (κ3) is 3.47. The summed E-state index contributed by atoms with van der Waals surface area (Å²) in [6.45, 7) is 8.76. The number of carbonyl (C=O) groups excluding carboxylic acids is 1. The van der Waals surface area contributed by atoms with Crippen LogP contribution in [0.5, 0.6) is 0 Å². The summed E-state index contributed by atoms with van der Waals surface area (Å²) in [7, 11) is 0. The Hall–Kier alpha value is -2.09. The zero-order valence-corrected chi connectivity index (χ0v) is 14.6. The topological polar surface area (TPSA) is 43.1 Å². The van der Waals surface area contributed by atoms with Gasteiger partial charge in [-0.1, -0.05) is 64.1 Å². The van der Waals surface area contributed by atoms with Gasteiger partial charge in [0, 0.05) is 16.8 Å². The molecule has 0 spiro atoms. The van der Waals surface area contributed by atoms with Crippen LogP contribution in [-0.4, -0.2) is 5.78 Å². The average molecular weight is 309 g/mol. The summed E-state index contributed by atoms with van der Waals surface area (Å²) >= 11 is 0. The van der Waals surface area contributed by atoms with Gasteiger partial charge in [-0.25, -0.2) is 0 Å². The van der Waals surface area contributed by atoms with Gasteiger partial charge in [0.05, 0.1) is 0 Å². The molecule has 23 heavy (non-hydrogen) atoms. The fraction of sp³-hybridized carbons (Fsp3) is 0.381. The minimum absolute atomic E-state index is 0.00311. The Bertz CT molecular complexity index is 676. The summed E-state index contributed by atoms with van der Waals surface area (Å²) in [6.07, 6.45) is 2.07. The van der Waals surface area contributed by atoms with Crippen molar-refractivity contribution in [2.45, 2.75) is 52.4 Å². The lowest BCUT2D eigenvalue weighted by Gasteiger charge is -2.23. The lowest BCUT2D eigenvalue weighted by Crippen LogP contribution is -2.12. The van der Waals surface area contributed by atoms with Crippen molar-refractivity contribution in [2.75, 3.05) is 5.73 Å². The molecule has 0 heterocycles. The third-order valence-electron chi connectivity index (χ3n) is 4.85. The summed E-state index contributed by atoms with van der Waals surface area (Å²) in [5.41, 5.74) is 10.9. The molecule has 2 heteroatoms. The van der Waals surface area contributed by atoms with Gasteiger partial charge in [0.25, 0.3) is 0 Å². The maximum Gasteiger partial charge on any atom is 0.195 e. The Morgan fingerprint density at radius 1 is 0.957 bits per heavy atom. The summed E-state index contributed by atoms with van der Waals surface area (Å²) in [6, 6.07) is 13.4. The maximum atomic E-state index is 12.8. The zero-order valence-electron chi connectivity index (χ0n) is 14.6. The highest BCUT2D eigenvalue weighted by molar-refractivity contribution is 6.12. The summed E-state index contributed by atoms with van der Waals surface area (Å²) in [4.78, 5) is 12.8. The van der Waals surface area contributed by atoms with Crippen LogP contribution in [0.15, 0.2) is 42.5 Å². The Kier molecular flexibility index (Phi) is 5.59. The standard InChI is InChI=1S/C21H27NO/c1-5-14(3)17-12-13-18(20(22)19(17)15(4)6-2)21(23)16-10-8-7-9-11-16/h7-15H,5-6,22H2,1-4H3. The molecule has 2 aromatic rings. The van der Waals surface area contributed by atoms with E-state index in [1.807, 2.05) is 36.4 Å². The predicted molar refractivity (Wildman–Crippen MR) is 98.1 cm³/mol. The van der Waals surface area contributed by atoms with Gasteiger partial charge < -0.3 is 5.73 Å². The molecule has 0 fully saturated rings. The average Bonchev–Trinajstić information content (AvgIpc) is 2.60. The van der Waals surface area contributed by atoms with E-state index in [9.17, 15) is 4.79 Å². The minimum atomic E-state index is 0.00311. The van der Waals surface area contributed by atoms with Gasteiger partial charge >= 0.3 is 0 Å². The van der Waals surface area contributed by atoms with Crippen molar-refractivity contribution in [3.63, 3.8) is 0 Å². The number of hydrogen-bond donors (Lipinski definition) is 1. The molecule has 0 radical (unpaired) electrons. The first kappa shape index (κ1) is 17.3. The number of nitrogen functional groups attached to an aromatic ring is 1. The van der Waals surface area contributed by atoms with Gasteiger partial charge in [-0.2, -0.15) is 0 Å². The molecule has 2 N–H and O–H groups in total. The van der Waals surface area contributed by atoms with Crippen LogP contribution in [0.2, 0.25) is 0 Å². The van der Waals surface area contributed by atoms with E-state index < -0.39 is 0 Å². The third-order valence-corrected chi connectivity index (χ3v) is 4.85. The molecule has 0 aliphatic heterocycles. The molecule has 0 saturated heterocycles. The molecule has 122 valence electrons. The molecule has 0 saturated carbocycles. The number of benzene rings is 2. The fourth-order valence-corrected chi connectivity index (χ4v) is 3.00. The lowest BCUT2D eigenvalue weighted by molar-refractivity contribution is 0.103. The van der Waals surface area contributed by atoms with E-state index in [1.54, 1.807) is 0 Å². The largest absolute Gasteiger partial charge is 0.398 e. The monoisotopic (exact) mass is 309 g/mol. The van der Waals surface area contributed by atoms with Crippen molar-refractivity contribution in [1.82, 2.24) is 0 Å². The summed E-state index contributed by atoms with van der Waals surface area (Å²) in [5.74, 6) is 0.799. The molecule has 0 aliphatic rings. The number of rotatable bonds is 6. The Labute approximate surface area is 139 Å². The highest BCUT2D eigenvalue weighted by Gasteiger charge is 2.22. The van der Waals surface area contributed by atoms with Gasteiger partial charge in [-0.3, -0.25) is 4.79 Å². The second-order valence-corrected chi connectivity index (χ2v) is 6.34. The van der Waals surface area contributed by atoms with Crippen LogP contribution >= 0.6 is 0 Å². The van der Waals surface area contributed by atoms with E-state index in [0.29, 0.717) is 28.7 Å². The second kappa shape index (κ2) is 7.45. The molecule has 2 rings (SSSR count). The van der Waals surface area contributed by atoms with Crippen LogP contribution in [0.4, 0.5) is 5.69 Å². The quantitative estimate of drug-likeness (QED) is 0.563. The Balaban J connectivity index is 2.57. The molecule has 0 bridgehead atoms. The van der Waals surface area contributed by atoms with Gasteiger partial charge in [0.2, 0.25) is 0 Å². The van der Waals surface area contributed by atoms with Crippen LogP contribution in [0.3, 0.4) is 0 Å². The SMILES string of the molecule is CCC(C)c1ccc(C(=O)c2ccccc2)c(N)c1C(C)CC. The number of nitrogens with two attached hydrogens (primary N) is 1. The zero-order chi connectivity index (χ0) is 17.0. The van der Waals surface area contributed by atoms with E-state index in [2.05, 4.69) is 33.8 Å². The smallest absolute Gasteiger partial charge is 0.195 e. The van der Waals surface area contributed by atoms with Gasteiger partial charge in [-0.15, -0.1) is 0 Å². The molecule has 2 aromatic carbocycles. The number of hydrogen-bond acceptors (Lipinski definition) is 2. The van der Waals surface area contributed by atoms with Crippen molar-refractivity contribution in [3.05, 3.63) is 64.7 Å².